The Bertz CT molecular complexity index is 492. The smallest absolute Gasteiger partial charge is 0.224 e. The first-order valence-corrected chi connectivity index (χ1v) is 6.24. The molecule has 0 aliphatic heterocycles. The van der Waals surface area contributed by atoms with Crippen LogP contribution in [0.1, 0.15) is 19.4 Å². The average molecular weight is 286 g/mol. The second kappa shape index (κ2) is 6.56. The molecule has 0 bridgehead atoms. The van der Waals surface area contributed by atoms with Gasteiger partial charge < -0.3 is 11.1 Å². The summed E-state index contributed by atoms with van der Waals surface area (Å²) in [6.07, 6.45) is -0.0525. The lowest BCUT2D eigenvalue weighted by molar-refractivity contribution is -0.120. The zero-order valence-corrected chi connectivity index (χ0v) is 11.6. The van der Waals surface area contributed by atoms with Crippen LogP contribution in [-0.4, -0.2) is 16.9 Å². The van der Waals surface area contributed by atoms with E-state index >= 15 is 0 Å². The van der Waals surface area contributed by atoms with Gasteiger partial charge in [-0.15, -0.1) is 0 Å². The number of carbonyl (C=O) groups is 1. The third-order valence-electron chi connectivity index (χ3n) is 2.64. The number of thiocarbonyl (C=S) groups is 1. The zero-order valence-electron chi connectivity index (χ0n) is 10.7. The van der Waals surface area contributed by atoms with Gasteiger partial charge in [0, 0.05) is 0 Å². The van der Waals surface area contributed by atoms with Crippen molar-refractivity contribution >= 4 is 23.1 Å². The molecule has 6 heteroatoms. The van der Waals surface area contributed by atoms with Crippen LogP contribution in [0.25, 0.3) is 0 Å². The molecule has 104 valence electrons. The van der Waals surface area contributed by atoms with Gasteiger partial charge in [-0.1, -0.05) is 32.1 Å². The molecule has 0 radical (unpaired) electrons. The van der Waals surface area contributed by atoms with Crippen molar-refractivity contribution in [2.75, 3.05) is 0 Å². The van der Waals surface area contributed by atoms with Crippen LogP contribution in [0.4, 0.5) is 8.78 Å². The van der Waals surface area contributed by atoms with E-state index in [0.29, 0.717) is 5.56 Å². The third-order valence-corrected chi connectivity index (χ3v) is 2.89. The molecule has 0 saturated heterocycles. The topological polar surface area (TPSA) is 55.1 Å². The summed E-state index contributed by atoms with van der Waals surface area (Å²) in [5.74, 6) is -2.18. The maximum atomic E-state index is 13.0. The molecule has 0 aliphatic rings. The molecule has 19 heavy (non-hydrogen) atoms. The minimum atomic E-state index is -0.972. The molecule has 3 N–H and O–H groups in total. The second-order valence-electron chi connectivity index (χ2n) is 4.62. The van der Waals surface area contributed by atoms with Crippen molar-refractivity contribution in [3.63, 3.8) is 0 Å². The van der Waals surface area contributed by atoms with Crippen molar-refractivity contribution < 1.29 is 13.6 Å². The largest absolute Gasteiger partial charge is 0.392 e. The quantitative estimate of drug-likeness (QED) is 0.813. The maximum Gasteiger partial charge on any atom is 0.224 e. The lowest BCUT2D eigenvalue weighted by Gasteiger charge is -2.21. The van der Waals surface area contributed by atoms with Gasteiger partial charge in [-0.05, 0) is 23.6 Å². The molecule has 0 aromatic heterocycles. The number of nitrogens with two attached hydrogens (primary N) is 1. The molecule has 1 aromatic rings. The maximum absolute atomic E-state index is 13.0. The van der Waals surface area contributed by atoms with E-state index in [1.165, 1.54) is 6.07 Å². The van der Waals surface area contributed by atoms with Gasteiger partial charge in [0.25, 0.3) is 0 Å². The SMILES string of the molecule is CC(C)C(NC(=O)Cc1ccc(F)c(F)c1)C(N)=S. The highest BCUT2D eigenvalue weighted by molar-refractivity contribution is 7.80. The molecule has 1 aromatic carbocycles. The number of halogens is 2. The van der Waals surface area contributed by atoms with Crippen LogP contribution in [0.3, 0.4) is 0 Å². The van der Waals surface area contributed by atoms with E-state index < -0.39 is 17.7 Å². The van der Waals surface area contributed by atoms with Gasteiger partial charge in [0.15, 0.2) is 11.6 Å². The van der Waals surface area contributed by atoms with E-state index in [1.807, 2.05) is 13.8 Å². The third kappa shape index (κ3) is 4.55. The molecule has 0 heterocycles. The minimum Gasteiger partial charge on any atom is -0.392 e. The Morgan fingerprint density at radius 3 is 2.47 bits per heavy atom. The summed E-state index contributed by atoms with van der Waals surface area (Å²) < 4.78 is 25.7. The molecule has 0 saturated carbocycles. The molecule has 1 unspecified atom stereocenters. The molecular weight excluding hydrogens is 270 g/mol. The number of amides is 1. The molecule has 0 aliphatic carbocycles. The highest BCUT2D eigenvalue weighted by atomic mass is 32.1. The number of carbonyl (C=O) groups excluding carboxylic acids is 1. The van der Waals surface area contributed by atoms with Crippen molar-refractivity contribution in [3.05, 3.63) is 35.4 Å². The molecule has 0 fully saturated rings. The summed E-state index contributed by atoms with van der Waals surface area (Å²) in [6.45, 7) is 3.75. The van der Waals surface area contributed by atoms with Crippen LogP contribution in [0, 0.1) is 17.6 Å². The summed E-state index contributed by atoms with van der Waals surface area (Å²) >= 11 is 4.87. The van der Waals surface area contributed by atoms with E-state index in [-0.39, 0.29) is 23.2 Å². The number of hydrogen-bond acceptors (Lipinski definition) is 2. The summed E-state index contributed by atoms with van der Waals surface area (Å²) in [4.78, 5) is 12.0. The van der Waals surface area contributed by atoms with Crippen molar-refractivity contribution in [1.82, 2.24) is 5.32 Å². The first-order chi connectivity index (χ1) is 8.81. The van der Waals surface area contributed by atoms with Gasteiger partial charge in [0.1, 0.15) is 0 Å². The predicted molar refractivity (Wildman–Crippen MR) is 73.6 cm³/mol. The highest BCUT2D eigenvalue weighted by Gasteiger charge is 2.19. The summed E-state index contributed by atoms with van der Waals surface area (Å²) in [5.41, 5.74) is 5.92. The normalized spacial score (nSPS) is 12.3. The molecular formula is C13H16F2N2OS. The molecule has 3 nitrogen and oxygen atoms in total. The van der Waals surface area contributed by atoms with Crippen LogP contribution >= 0.6 is 12.2 Å². The Morgan fingerprint density at radius 1 is 1.37 bits per heavy atom. The summed E-state index contributed by atoms with van der Waals surface area (Å²) in [5, 5.41) is 2.68. The summed E-state index contributed by atoms with van der Waals surface area (Å²) in [6, 6.07) is 2.95. The summed E-state index contributed by atoms with van der Waals surface area (Å²) in [7, 11) is 0. The monoisotopic (exact) mass is 286 g/mol. The van der Waals surface area contributed by atoms with Gasteiger partial charge in [-0.25, -0.2) is 8.78 Å². The predicted octanol–water partition coefficient (Wildman–Crippen LogP) is 1.93. The zero-order chi connectivity index (χ0) is 14.6. The first kappa shape index (κ1) is 15.5. The lowest BCUT2D eigenvalue weighted by atomic mass is 10.0. The fraction of sp³-hybridized carbons (Fsp3) is 0.385. The van der Waals surface area contributed by atoms with E-state index in [9.17, 15) is 13.6 Å². The number of benzene rings is 1. The molecule has 1 amide bonds. The van der Waals surface area contributed by atoms with Gasteiger partial charge in [0.2, 0.25) is 5.91 Å². The lowest BCUT2D eigenvalue weighted by Crippen LogP contribution is -2.47. The van der Waals surface area contributed by atoms with Crippen molar-refractivity contribution in [3.8, 4) is 0 Å². The van der Waals surface area contributed by atoms with Crippen LogP contribution in [0.2, 0.25) is 0 Å². The van der Waals surface area contributed by atoms with Crippen molar-refractivity contribution in [2.24, 2.45) is 11.7 Å². The fourth-order valence-corrected chi connectivity index (χ4v) is 1.96. The van der Waals surface area contributed by atoms with E-state index in [2.05, 4.69) is 5.32 Å². The number of nitrogens with one attached hydrogen (secondary N) is 1. The first-order valence-electron chi connectivity index (χ1n) is 5.84. The standard InChI is InChI=1S/C13H16F2N2OS/c1-7(2)12(13(16)19)17-11(18)6-8-3-4-9(14)10(15)5-8/h3-5,7,12H,6H2,1-2H3,(H2,16,19)(H,17,18). The van der Waals surface area contributed by atoms with Crippen LogP contribution in [0.15, 0.2) is 18.2 Å². The van der Waals surface area contributed by atoms with Crippen molar-refractivity contribution in [1.29, 1.82) is 0 Å². The Morgan fingerprint density at radius 2 is 2.00 bits per heavy atom. The van der Waals surface area contributed by atoms with Gasteiger partial charge in [-0.2, -0.15) is 0 Å². The molecule has 1 atom stereocenters. The minimum absolute atomic E-state index is 0.0525. The Labute approximate surface area is 116 Å². The Kier molecular flexibility index (Phi) is 5.35. The van der Waals surface area contributed by atoms with Crippen molar-refractivity contribution in [2.45, 2.75) is 26.3 Å². The van der Waals surface area contributed by atoms with Gasteiger partial charge in [-0.3, -0.25) is 4.79 Å². The number of hydrogen-bond donors (Lipinski definition) is 2. The Balaban J connectivity index is 2.69. The molecule has 1 rings (SSSR count). The van der Waals surface area contributed by atoms with E-state index in [4.69, 9.17) is 18.0 Å². The van der Waals surface area contributed by atoms with E-state index in [1.54, 1.807) is 0 Å². The van der Waals surface area contributed by atoms with Gasteiger partial charge >= 0.3 is 0 Å². The van der Waals surface area contributed by atoms with Crippen LogP contribution in [0.5, 0.6) is 0 Å². The van der Waals surface area contributed by atoms with Crippen LogP contribution in [-0.2, 0) is 11.2 Å². The van der Waals surface area contributed by atoms with Gasteiger partial charge in [0.05, 0.1) is 17.5 Å². The molecule has 0 spiro atoms. The van der Waals surface area contributed by atoms with Crippen LogP contribution < -0.4 is 11.1 Å². The number of rotatable bonds is 5. The average Bonchev–Trinajstić information content (AvgIpc) is 2.30. The van der Waals surface area contributed by atoms with E-state index in [0.717, 1.165) is 12.1 Å². The fourth-order valence-electron chi connectivity index (χ4n) is 1.63. The Hall–Kier alpha value is -1.56. The highest BCUT2D eigenvalue weighted by Crippen LogP contribution is 2.10. The second-order valence-corrected chi connectivity index (χ2v) is 5.09.